The van der Waals surface area contributed by atoms with Crippen LogP contribution in [0.25, 0.3) is 0 Å². The van der Waals surface area contributed by atoms with E-state index >= 15 is 0 Å². The Morgan fingerprint density at radius 3 is 2.62 bits per heavy atom. The maximum Gasteiger partial charge on any atom is 0.166 e. The van der Waals surface area contributed by atoms with Crippen molar-refractivity contribution in [3.63, 3.8) is 0 Å². The van der Waals surface area contributed by atoms with E-state index in [1.165, 1.54) is 10.5 Å². The molecule has 2 heteroatoms. The molecule has 1 nitrogen and oxygen atoms in total. The van der Waals surface area contributed by atoms with E-state index in [9.17, 15) is 4.79 Å². The molecule has 0 N–H and O–H groups in total. The molecule has 2 aromatic rings. The highest BCUT2D eigenvalue weighted by Gasteiger charge is 2.24. The predicted octanol–water partition coefficient (Wildman–Crippen LogP) is 5.00. The largest absolute Gasteiger partial charge is 0.294 e. The third-order valence-electron chi connectivity index (χ3n) is 4.13. The van der Waals surface area contributed by atoms with Crippen LogP contribution < -0.4 is 0 Å². The summed E-state index contributed by atoms with van der Waals surface area (Å²) in [5.74, 6) is 1.57. The van der Waals surface area contributed by atoms with Crippen molar-refractivity contribution in [3.8, 4) is 0 Å². The van der Waals surface area contributed by atoms with E-state index in [1.807, 2.05) is 36.0 Å². The second-order valence-corrected chi connectivity index (χ2v) is 6.73. The molecule has 0 aliphatic heterocycles. The van der Waals surface area contributed by atoms with Crippen molar-refractivity contribution in [1.82, 2.24) is 0 Å². The zero-order valence-electron chi connectivity index (χ0n) is 12.1. The smallest absolute Gasteiger partial charge is 0.166 e. The molecule has 108 valence electrons. The van der Waals surface area contributed by atoms with Gasteiger partial charge < -0.3 is 0 Å². The maximum absolute atomic E-state index is 12.7. The van der Waals surface area contributed by atoms with Gasteiger partial charge in [0.1, 0.15) is 0 Å². The number of carbonyl (C=O) groups is 1. The third-order valence-corrected chi connectivity index (χ3v) is 5.18. The summed E-state index contributed by atoms with van der Waals surface area (Å²) < 4.78 is 0. The minimum atomic E-state index is 0.199. The molecule has 1 atom stereocenters. The first-order chi connectivity index (χ1) is 10.3. The van der Waals surface area contributed by atoms with Gasteiger partial charge in [0.2, 0.25) is 0 Å². The van der Waals surface area contributed by atoms with Crippen LogP contribution in [-0.2, 0) is 6.42 Å². The topological polar surface area (TPSA) is 17.1 Å². The standard InChI is InChI=1S/C19H20OS/c20-19-16(13-14-21-17-10-2-1-3-11-17)9-6-8-15-7-4-5-12-18(15)19/h1-5,7,10-12,16H,6,8-9,13-14H2. The molecule has 0 heterocycles. The van der Waals surface area contributed by atoms with Gasteiger partial charge in [-0.15, -0.1) is 11.8 Å². The first kappa shape index (κ1) is 14.4. The number of rotatable bonds is 4. The number of hydrogen-bond acceptors (Lipinski definition) is 2. The lowest BCUT2D eigenvalue weighted by Gasteiger charge is -2.13. The third kappa shape index (κ3) is 3.56. The molecular weight excluding hydrogens is 276 g/mol. The molecule has 2 aromatic carbocycles. The fourth-order valence-corrected chi connectivity index (χ4v) is 3.97. The van der Waals surface area contributed by atoms with Crippen LogP contribution in [0.5, 0.6) is 0 Å². The Bertz CT molecular complexity index is 606. The Morgan fingerprint density at radius 1 is 1.00 bits per heavy atom. The van der Waals surface area contributed by atoms with Gasteiger partial charge in [-0.1, -0.05) is 42.5 Å². The second-order valence-electron chi connectivity index (χ2n) is 5.56. The summed E-state index contributed by atoms with van der Waals surface area (Å²) in [6, 6.07) is 18.6. The van der Waals surface area contributed by atoms with E-state index in [2.05, 4.69) is 30.3 Å². The molecule has 0 fully saturated rings. The van der Waals surface area contributed by atoms with Gasteiger partial charge in [0.05, 0.1) is 0 Å². The Morgan fingerprint density at radius 2 is 1.76 bits per heavy atom. The molecule has 0 saturated carbocycles. The van der Waals surface area contributed by atoms with Crippen LogP contribution >= 0.6 is 11.8 Å². The van der Waals surface area contributed by atoms with Gasteiger partial charge in [-0.25, -0.2) is 0 Å². The fourth-order valence-electron chi connectivity index (χ4n) is 2.98. The van der Waals surface area contributed by atoms with Crippen molar-refractivity contribution in [3.05, 3.63) is 65.7 Å². The molecule has 1 aliphatic carbocycles. The van der Waals surface area contributed by atoms with Gasteiger partial charge >= 0.3 is 0 Å². The van der Waals surface area contributed by atoms with Gasteiger partial charge in [-0.3, -0.25) is 4.79 Å². The second kappa shape index (κ2) is 6.95. The van der Waals surface area contributed by atoms with Crippen LogP contribution in [-0.4, -0.2) is 11.5 Å². The number of aryl methyl sites for hydroxylation is 1. The summed E-state index contributed by atoms with van der Waals surface area (Å²) in [4.78, 5) is 14.0. The van der Waals surface area contributed by atoms with Crippen molar-refractivity contribution in [2.24, 2.45) is 5.92 Å². The molecule has 0 radical (unpaired) electrons. The lowest BCUT2D eigenvalue weighted by Crippen LogP contribution is -2.14. The van der Waals surface area contributed by atoms with E-state index in [0.29, 0.717) is 5.78 Å². The van der Waals surface area contributed by atoms with Crippen molar-refractivity contribution in [1.29, 1.82) is 0 Å². The highest BCUT2D eigenvalue weighted by atomic mass is 32.2. The first-order valence-electron chi connectivity index (χ1n) is 7.64. The minimum Gasteiger partial charge on any atom is -0.294 e. The van der Waals surface area contributed by atoms with Gasteiger partial charge in [0, 0.05) is 16.4 Å². The van der Waals surface area contributed by atoms with Crippen molar-refractivity contribution >= 4 is 17.5 Å². The number of fused-ring (bicyclic) bond motifs is 1. The normalized spacial score (nSPS) is 18.1. The zero-order valence-corrected chi connectivity index (χ0v) is 12.9. The van der Waals surface area contributed by atoms with E-state index in [0.717, 1.165) is 37.0 Å². The number of ketones is 1. The monoisotopic (exact) mass is 296 g/mol. The number of carbonyl (C=O) groups excluding carboxylic acids is 1. The van der Waals surface area contributed by atoms with Crippen molar-refractivity contribution in [2.45, 2.75) is 30.6 Å². The summed E-state index contributed by atoms with van der Waals surface area (Å²) >= 11 is 1.85. The van der Waals surface area contributed by atoms with Crippen molar-refractivity contribution in [2.75, 3.05) is 5.75 Å². The Hall–Kier alpha value is -1.54. The maximum atomic E-state index is 12.7. The van der Waals surface area contributed by atoms with Gasteiger partial charge in [-0.2, -0.15) is 0 Å². The Kier molecular flexibility index (Phi) is 4.76. The van der Waals surface area contributed by atoms with Crippen LogP contribution in [0.15, 0.2) is 59.5 Å². The van der Waals surface area contributed by atoms with E-state index in [1.54, 1.807) is 0 Å². The lowest BCUT2D eigenvalue weighted by molar-refractivity contribution is 0.0913. The van der Waals surface area contributed by atoms with Crippen LogP contribution in [0.1, 0.15) is 35.2 Å². The summed E-state index contributed by atoms with van der Waals surface area (Å²) in [7, 11) is 0. The van der Waals surface area contributed by atoms with Crippen LogP contribution in [0.2, 0.25) is 0 Å². The number of thioether (sulfide) groups is 1. The summed E-state index contributed by atoms with van der Waals surface area (Å²) in [6.07, 6.45) is 4.18. The van der Waals surface area contributed by atoms with E-state index in [-0.39, 0.29) is 5.92 Å². The average Bonchev–Trinajstić information content (AvgIpc) is 2.69. The summed E-state index contributed by atoms with van der Waals surface area (Å²) in [5.41, 5.74) is 2.20. The van der Waals surface area contributed by atoms with Gasteiger partial charge in [0.15, 0.2) is 5.78 Å². The van der Waals surface area contributed by atoms with Crippen molar-refractivity contribution < 1.29 is 4.79 Å². The summed E-state index contributed by atoms with van der Waals surface area (Å²) in [5, 5.41) is 0. The predicted molar refractivity (Wildman–Crippen MR) is 89.0 cm³/mol. The highest BCUT2D eigenvalue weighted by Crippen LogP contribution is 2.29. The van der Waals surface area contributed by atoms with Crippen LogP contribution in [0, 0.1) is 5.92 Å². The molecule has 0 bridgehead atoms. The van der Waals surface area contributed by atoms with Gasteiger partial charge in [-0.05, 0) is 49.1 Å². The summed E-state index contributed by atoms with van der Waals surface area (Å²) in [6.45, 7) is 0. The average molecular weight is 296 g/mol. The van der Waals surface area contributed by atoms with E-state index in [4.69, 9.17) is 0 Å². The number of benzene rings is 2. The van der Waals surface area contributed by atoms with Gasteiger partial charge in [0.25, 0.3) is 0 Å². The molecule has 1 aliphatic rings. The highest BCUT2D eigenvalue weighted by molar-refractivity contribution is 7.99. The quantitative estimate of drug-likeness (QED) is 0.583. The number of Topliss-reactive ketones (excluding diaryl/α,β-unsaturated/α-hetero) is 1. The molecule has 1 unspecified atom stereocenters. The molecule has 21 heavy (non-hydrogen) atoms. The fraction of sp³-hybridized carbons (Fsp3) is 0.316. The molecule has 3 rings (SSSR count). The lowest BCUT2D eigenvalue weighted by atomic mass is 9.93. The molecule has 0 aromatic heterocycles. The minimum absolute atomic E-state index is 0.199. The Labute approximate surface area is 130 Å². The molecule has 0 saturated heterocycles. The molecule has 0 spiro atoms. The number of hydrogen-bond donors (Lipinski definition) is 0. The van der Waals surface area contributed by atoms with Crippen LogP contribution in [0.4, 0.5) is 0 Å². The SMILES string of the molecule is O=C1c2ccccc2CCCC1CCSc1ccccc1. The van der Waals surface area contributed by atoms with Crippen LogP contribution in [0.3, 0.4) is 0 Å². The Balaban J connectivity index is 1.62. The molecular formula is C19H20OS. The first-order valence-corrected chi connectivity index (χ1v) is 8.63. The van der Waals surface area contributed by atoms with E-state index < -0.39 is 0 Å². The zero-order chi connectivity index (χ0) is 14.5. The molecule has 0 amide bonds.